The van der Waals surface area contributed by atoms with Gasteiger partial charge in [0.15, 0.2) is 0 Å². The van der Waals surface area contributed by atoms with Gasteiger partial charge in [0.2, 0.25) is 5.91 Å². The second kappa shape index (κ2) is 5.05. The molecule has 4 heteroatoms. The zero-order valence-corrected chi connectivity index (χ0v) is 9.04. The minimum atomic E-state index is -0.172. The number of carbonyl (C=O) groups is 1. The lowest BCUT2D eigenvalue weighted by Gasteiger charge is -2.14. The van der Waals surface area contributed by atoms with Gasteiger partial charge in [-0.25, -0.2) is 0 Å². The lowest BCUT2D eigenvalue weighted by molar-refractivity contribution is -0.124. The Morgan fingerprint density at radius 2 is 2.36 bits per heavy atom. The number of alkyl halides is 1. The van der Waals surface area contributed by atoms with Crippen LogP contribution in [0, 0.1) is 5.92 Å². The van der Waals surface area contributed by atoms with Crippen molar-refractivity contribution in [2.75, 3.05) is 5.88 Å². The SMILES string of the molecule is CC(CCl)C(=O)N[C@@H](C)c1ccco1. The topological polar surface area (TPSA) is 42.2 Å². The van der Waals surface area contributed by atoms with Gasteiger partial charge >= 0.3 is 0 Å². The Morgan fingerprint density at radius 1 is 1.64 bits per heavy atom. The molecule has 78 valence electrons. The monoisotopic (exact) mass is 215 g/mol. The van der Waals surface area contributed by atoms with Crippen LogP contribution >= 0.6 is 11.6 Å². The molecule has 0 aliphatic heterocycles. The Kier molecular flexibility index (Phi) is 4.01. The molecule has 2 atom stereocenters. The number of carbonyl (C=O) groups excluding carboxylic acids is 1. The third-order valence-electron chi connectivity index (χ3n) is 2.01. The third kappa shape index (κ3) is 2.77. The van der Waals surface area contributed by atoms with E-state index < -0.39 is 0 Å². The second-order valence-electron chi connectivity index (χ2n) is 3.30. The molecule has 1 aromatic heterocycles. The summed E-state index contributed by atoms with van der Waals surface area (Å²) in [5.74, 6) is 0.856. The average Bonchev–Trinajstić information content (AvgIpc) is 2.69. The van der Waals surface area contributed by atoms with Gasteiger partial charge in [-0.1, -0.05) is 6.92 Å². The Morgan fingerprint density at radius 3 is 2.86 bits per heavy atom. The van der Waals surface area contributed by atoms with Gasteiger partial charge in [-0.15, -0.1) is 11.6 Å². The highest BCUT2D eigenvalue weighted by molar-refractivity contribution is 6.19. The lowest BCUT2D eigenvalue weighted by Crippen LogP contribution is -2.32. The largest absolute Gasteiger partial charge is 0.467 e. The molecule has 1 unspecified atom stereocenters. The molecule has 0 aliphatic carbocycles. The van der Waals surface area contributed by atoms with Crippen LogP contribution in [0.5, 0.6) is 0 Å². The predicted octanol–water partition coefficient (Wildman–Crippen LogP) is 2.33. The molecule has 1 rings (SSSR count). The Bertz CT molecular complexity index is 284. The van der Waals surface area contributed by atoms with Crippen molar-refractivity contribution in [1.82, 2.24) is 5.32 Å². The van der Waals surface area contributed by atoms with Gasteiger partial charge in [0, 0.05) is 11.8 Å². The zero-order chi connectivity index (χ0) is 10.6. The fourth-order valence-electron chi connectivity index (χ4n) is 1.03. The van der Waals surface area contributed by atoms with Gasteiger partial charge in [-0.3, -0.25) is 4.79 Å². The van der Waals surface area contributed by atoms with Gasteiger partial charge in [0.25, 0.3) is 0 Å². The molecule has 1 N–H and O–H groups in total. The van der Waals surface area contributed by atoms with Gasteiger partial charge in [-0.2, -0.15) is 0 Å². The number of halogens is 1. The van der Waals surface area contributed by atoms with E-state index in [-0.39, 0.29) is 17.9 Å². The van der Waals surface area contributed by atoms with E-state index in [0.29, 0.717) is 5.88 Å². The molecular formula is C10H14ClNO2. The van der Waals surface area contributed by atoms with Crippen molar-refractivity contribution in [1.29, 1.82) is 0 Å². The number of furan rings is 1. The second-order valence-corrected chi connectivity index (χ2v) is 3.61. The summed E-state index contributed by atoms with van der Waals surface area (Å²) in [5, 5.41) is 2.82. The van der Waals surface area contributed by atoms with E-state index in [1.54, 1.807) is 19.3 Å². The van der Waals surface area contributed by atoms with E-state index in [0.717, 1.165) is 5.76 Å². The van der Waals surface area contributed by atoms with Crippen LogP contribution in [0.25, 0.3) is 0 Å². The minimum absolute atomic E-state index is 0.0519. The van der Waals surface area contributed by atoms with Crippen LogP contribution in [0.2, 0.25) is 0 Å². The molecule has 0 fully saturated rings. The number of hydrogen-bond donors (Lipinski definition) is 1. The molecule has 1 heterocycles. The van der Waals surface area contributed by atoms with Crippen molar-refractivity contribution in [3.63, 3.8) is 0 Å². The summed E-state index contributed by atoms with van der Waals surface area (Å²) in [6, 6.07) is 3.52. The minimum Gasteiger partial charge on any atom is -0.467 e. The Hall–Kier alpha value is -0.960. The van der Waals surface area contributed by atoms with Gasteiger partial charge < -0.3 is 9.73 Å². The van der Waals surface area contributed by atoms with Gasteiger partial charge in [0.1, 0.15) is 5.76 Å². The molecule has 3 nitrogen and oxygen atoms in total. The first kappa shape index (κ1) is 11.1. The van der Waals surface area contributed by atoms with Crippen LogP contribution < -0.4 is 5.32 Å². The van der Waals surface area contributed by atoms with E-state index in [2.05, 4.69) is 5.32 Å². The van der Waals surface area contributed by atoms with Crippen LogP contribution in [0.15, 0.2) is 22.8 Å². The van der Waals surface area contributed by atoms with Crippen LogP contribution in [0.4, 0.5) is 0 Å². The first-order valence-corrected chi connectivity index (χ1v) is 5.08. The van der Waals surface area contributed by atoms with Crippen molar-refractivity contribution in [3.8, 4) is 0 Å². The molecule has 14 heavy (non-hydrogen) atoms. The van der Waals surface area contributed by atoms with Crippen LogP contribution in [0.1, 0.15) is 25.6 Å². The molecule has 1 aromatic rings. The summed E-state index contributed by atoms with van der Waals surface area (Å²) in [7, 11) is 0. The predicted molar refractivity (Wildman–Crippen MR) is 55.1 cm³/mol. The van der Waals surface area contributed by atoms with E-state index in [1.807, 2.05) is 13.0 Å². The van der Waals surface area contributed by atoms with E-state index in [9.17, 15) is 4.79 Å². The lowest BCUT2D eigenvalue weighted by atomic mass is 10.2. The average molecular weight is 216 g/mol. The molecule has 0 saturated heterocycles. The molecule has 0 saturated carbocycles. The van der Waals surface area contributed by atoms with E-state index >= 15 is 0 Å². The first-order valence-electron chi connectivity index (χ1n) is 4.55. The maximum atomic E-state index is 11.4. The molecule has 0 bridgehead atoms. The Balaban J connectivity index is 2.49. The van der Waals surface area contributed by atoms with Crippen LogP contribution in [-0.4, -0.2) is 11.8 Å². The number of rotatable bonds is 4. The van der Waals surface area contributed by atoms with Crippen molar-refractivity contribution < 1.29 is 9.21 Å². The maximum absolute atomic E-state index is 11.4. The van der Waals surface area contributed by atoms with Crippen LogP contribution in [0.3, 0.4) is 0 Å². The number of hydrogen-bond acceptors (Lipinski definition) is 2. The fourth-order valence-corrected chi connectivity index (χ4v) is 1.17. The molecule has 0 aromatic carbocycles. The smallest absolute Gasteiger partial charge is 0.224 e. The van der Waals surface area contributed by atoms with E-state index in [1.165, 1.54) is 0 Å². The highest BCUT2D eigenvalue weighted by Crippen LogP contribution is 2.13. The maximum Gasteiger partial charge on any atom is 0.224 e. The summed E-state index contributed by atoms with van der Waals surface area (Å²) >= 11 is 5.57. The normalized spacial score (nSPS) is 14.8. The van der Waals surface area contributed by atoms with Gasteiger partial charge in [-0.05, 0) is 19.1 Å². The summed E-state index contributed by atoms with van der Waals surface area (Å²) in [6.07, 6.45) is 1.59. The summed E-state index contributed by atoms with van der Waals surface area (Å²) in [5.41, 5.74) is 0. The molecule has 0 spiro atoms. The third-order valence-corrected chi connectivity index (χ3v) is 2.47. The highest BCUT2D eigenvalue weighted by atomic mass is 35.5. The summed E-state index contributed by atoms with van der Waals surface area (Å²) < 4.78 is 5.16. The molecule has 1 amide bonds. The molecular weight excluding hydrogens is 202 g/mol. The number of amides is 1. The van der Waals surface area contributed by atoms with Crippen molar-refractivity contribution in [3.05, 3.63) is 24.2 Å². The van der Waals surface area contributed by atoms with E-state index in [4.69, 9.17) is 16.0 Å². The Labute approximate surface area is 88.4 Å². The van der Waals surface area contributed by atoms with Crippen molar-refractivity contribution in [2.45, 2.75) is 19.9 Å². The first-order chi connectivity index (χ1) is 6.65. The van der Waals surface area contributed by atoms with Crippen molar-refractivity contribution in [2.24, 2.45) is 5.92 Å². The van der Waals surface area contributed by atoms with Crippen LogP contribution in [-0.2, 0) is 4.79 Å². The quantitative estimate of drug-likeness (QED) is 0.784. The highest BCUT2D eigenvalue weighted by Gasteiger charge is 2.16. The summed E-state index contributed by atoms with van der Waals surface area (Å²) in [4.78, 5) is 11.4. The molecule has 0 radical (unpaired) electrons. The van der Waals surface area contributed by atoms with Crippen molar-refractivity contribution >= 4 is 17.5 Å². The zero-order valence-electron chi connectivity index (χ0n) is 8.29. The number of nitrogens with one attached hydrogen (secondary N) is 1. The van der Waals surface area contributed by atoms with Gasteiger partial charge in [0.05, 0.1) is 12.3 Å². The summed E-state index contributed by atoms with van der Waals surface area (Å²) in [6.45, 7) is 3.66. The standard InChI is InChI=1S/C10H14ClNO2/c1-7(6-11)10(13)12-8(2)9-4-3-5-14-9/h3-5,7-8H,6H2,1-2H3,(H,12,13)/t7?,8-/m0/s1. The molecule has 0 aliphatic rings. The fraction of sp³-hybridized carbons (Fsp3) is 0.500.